The van der Waals surface area contributed by atoms with E-state index in [1.54, 1.807) is 48.3 Å². The fourth-order valence-corrected chi connectivity index (χ4v) is 2.36. The standard InChI is InChI=1S/C13H10ClNO2S/c14-10-5-6-15-11(7-10)8-18-12-3-1-9(2-4-12)13(16)17/h1-7H,8H2,(H,16,17). The molecule has 0 saturated carbocycles. The SMILES string of the molecule is O=C(O)c1ccc(SCc2cc(Cl)ccn2)cc1. The summed E-state index contributed by atoms with van der Waals surface area (Å²) in [5, 5.41) is 9.45. The van der Waals surface area contributed by atoms with Crippen LogP contribution in [-0.2, 0) is 5.75 Å². The molecule has 0 saturated heterocycles. The number of halogens is 1. The van der Waals surface area contributed by atoms with E-state index in [1.807, 2.05) is 6.07 Å². The number of thioether (sulfide) groups is 1. The van der Waals surface area contributed by atoms with Crippen LogP contribution in [0.5, 0.6) is 0 Å². The summed E-state index contributed by atoms with van der Waals surface area (Å²) in [4.78, 5) is 15.9. The molecule has 0 aliphatic heterocycles. The summed E-state index contributed by atoms with van der Waals surface area (Å²) in [6.07, 6.45) is 1.67. The number of aromatic carboxylic acids is 1. The van der Waals surface area contributed by atoms with E-state index >= 15 is 0 Å². The Bertz CT molecular complexity index is 557. The second-order valence-electron chi connectivity index (χ2n) is 3.58. The molecule has 5 heteroatoms. The predicted octanol–water partition coefficient (Wildman–Crippen LogP) is 3.73. The number of pyridine rings is 1. The average Bonchev–Trinajstić information content (AvgIpc) is 2.37. The molecule has 2 rings (SSSR count). The summed E-state index contributed by atoms with van der Waals surface area (Å²) in [6, 6.07) is 10.3. The first-order valence-electron chi connectivity index (χ1n) is 5.22. The topological polar surface area (TPSA) is 50.2 Å². The summed E-state index contributed by atoms with van der Waals surface area (Å²) in [5.74, 6) is -0.212. The zero-order chi connectivity index (χ0) is 13.0. The molecular formula is C13H10ClNO2S. The van der Waals surface area contributed by atoms with Gasteiger partial charge in [0.05, 0.1) is 11.3 Å². The van der Waals surface area contributed by atoms with E-state index in [2.05, 4.69) is 4.98 Å². The number of aromatic nitrogens is 1. The molecule has 1 N–H and O–H groups in total. The molecule has 2 aromatic rings. The normalized spacial score (nSPS) is 10.3. The molecular weight excluding hydrogens is 270 g/mol. The first kappa shape index (κ1) is 12.9. The molecule has 3 nitrogen and oxygen atoms in total. The molecule has 0 fully saturated rings. The van der Waals surface area contributed by atoms with Crippen molar-refractivity contribution in [3.8, 4) is 0 Å². The van der Waals surface area contributed by atoms with Crippen molar-refractivity contribution in [3.63, 3.8) is 0 Å². The van der Waals surface area contributed by atoms with Crippen LogP contribution in [0.25, 0.3) is 0 Å². The van der Waals surface area contributed by atoms with Gasteiger partial charge in [-0.05, 0) is 36.4 Å². The third-order valence-corrected chi connectivity index (χ3v) is 3.55. The monoisotopic (exact) mass is 279 g/mol. The van der Waals surface area contributed by atoms with E-state index < -0.39 is 5.97 Å². The maximum Gasteiger partial charge on any atom is 0.335 e. The third kappa shape index (κ3) is 3.48. The van der Waals surface area contributed by atoms with Gasteiger partial charge in [-0.3, -0.25) is 4.98 Å². The summed E-state index contributed by atoms with van der Waals surface area (Å²) in [6.45, 7) is 0. The first-order valence-corrected chi connectivity index (χ1v) is 6.58. The van der Waals surface area contributed by atoms with Gasteiger partial charge in [0.15, 0.2) is 0 Å². The van der Waals surface area contributed by atoms with Crippen molar-refractivity contribution >= 4 is 29.3 Å². The Morgan fingerprint density at radius 2 is 2.00 bits per heavy atom. The molecule has 0 aliphatic carbocycles. The highest BCUT2D eigenvalue weighted by molar-refractivity contribution is 7.98. The lowest BCUT2D eigenvalue weighted by Crippen LogP contribution is -1.94. The summed E-state index contributed by atoms with van der Waals surface area (Å²) in [5.41, 5.74) is 1.19. The highest BCUT2D eigenvalue weighted by Crippen LogP contribution is 2.23. The zero-order valence-corrected chi connectivity index (χ0v) is 10.9. The summed E-state index contributed by atoms with van der Waals surface area (Å²) in [7, 11) is 0. The molecule has 0 radical (unpaired) electrons. The van der Waals surface area contributed by atoms with Gasteiger partial charge in [0.1, 0.15) is 0 Å². The van der Waals surface area contributed by atoms with Crippen molar-refractivity contribution in [2.45, 2.75) is 10.6 Å². The lowest BCUT2D eigenvalue weighted by atomic mass is 10.2. The summed E-state index contributed by atoms with van der Waals surface area (Å²) < 4.78 is 0. The van der Waals surface area contributed by atoms with Crippen molar-refractivity contribution < 1.29 is 9.90 Å². The highest BCUT2D eigenvalue weighted by atomic mass is 35.5. The van der Waals surface area contributed by atoms with Gasteiger partial charge in [0.25, 0.3) is 0 Å². The molecule has 0 bridgehead atoms. The number of nitrogens with zero attached hydrogens (tertiary/aromatic N) is 1. The fraction of sp³-hybridized carbons (Fsp3) is 0.0769. The van der Waals surface area contributed by atoms with E-state index in [0.717, 1.165) is 10.6 Å². The maximum atomic E-state index is 10.7. The molecule has 0 amide bonds. The van der Waals surface area contributed by atoms with Crippen LogP contribution in [0.1, 0.15) is 16.1 Å². The molecule has 1 aromatic heterocycles. The molecule has 18 heavy (non-hydrogen) atoms. The molecule has 0 atom stereocenters. The van der Waals surface area contributed by atoms with Crippen LogP contribution in [0.15, 0.2) is 47.5 Å². The molecule has 0 aliphatic rings. The number of carboxylic acids is 1. The minimum absolute atomic E-state index is 0.292. The zero-order valence-electron chi connectivity index (χ0n) is 9.34. The van der Waals surface area contributed by atoms with Crippen molar-refractivity contribution in [2.24, 2.45) is 0 Å². The number of benzene rings is 1. The van der Waals surface area contributed by atoms with Crippen LogP contribution in [0, 0.1) is 0 Å². The van der Waals surface area contributed by atoms with Crippen molar-refractivity contribution in [3.05, 3.63) is 58.9 Å². The van der Waals surface area contributed by atoms with Crippen LogP contribution < -0.4 is 0 Å². The quantitative estimate of drug-likeness (QED) is 0.867. The maximum absolute atomic E-state index is 10.7. The second kappa shape index (κ2) is 5.89. The lowest BCUT2D eigenvalue weighted by molar-refractivity contribution is 0.0697. The van der Waals surface area contributed by atoms with Gasteiger partial charge < -0.3 is 5.11 Å². The number of carbonyl (C=O) groups is 1. The van der Waals surface area contributed by atoms with Gasteiger partial charge in [0.2, 0.25) is 0 Å². The minimum atomic E-state index is -0.914. The Hall–Kier alpha value is -1.52. The van der Waals surface area contributed by atoms with Gasteiger partial charge in [-0.15, -0.1) is 11.8 Å². The lowest BCUT2D eigenvalue weighted by Gasteiger charge is -2.02. The number of rotatable bonds is 4. The average molecular weight is 280 g/mol. The predicted molar refractivity (Wildman–Crippen MR) is 72.2 cm³/mol. The van der Waals surface area contributed by atoms with E-state index in [4.69, 9.17) is 16.7 Å². The Balaban J connectivity index is 2.00. The van der Waals surface area contributed by atoms with Crippen molar-refractivity contribution in [2.75, 3.05) is 0 Å². The van der Waals surface area contributed by atoms with E-state index in [-0.39, 0.29) is 0 Å². The fourth-order valence-electron chi connectivity index (χ4n) is 1.38. The largest absolute Gasteiger partial charge is 0.478 e. The van der Waals surface area contributed by atoms with Crippen LogP contribution >= 0.6 is 23.4 Å². The number of hydrogen-bond donors (Lipinski definition) is 1. The van der Waals surface area contributed by atoms with Gasteiger partial charge in [-0.25, -0.2) is 4.79 Å². The van der Waals surface area contributed by atoms with Crippen LogP contribution in [0.4, 0.5) is 0 Å². The van der Waals surface area contributed by atoms with Gasteiger partial charge in [0, 0.05) is 21.9 Å². The molecule has 92 valence electrons. The van der Waals surface area contributed by atoms with E-state index in [1.165, 1.54) is 0 Å². The smallest absolute Gasteiger partial charge is 0.335 e. The van der Waals surface area contributed by atoms with E-state index in [9.17, 15) is 4.79 Å². The van der Waals surface area contributed by atoms with Crippen molar-refractivity contribution in [1.29, 1.82) is 0 Å². The number of carboxylic acid groups (broad SMARTS) is 1. The molecule has 1 aromatic carbocycles. The van der Waals surface area contributed by atoms with Crippen LogP contribution in [-0.4, -0.2) is 16.1 Å². The van der Waals surface area contributed by atoms with Crippen LogP contribution in [0.3, 0.4) is 0 Å². The van der Waals surface area contributed by atoms with Gasteiger partial charge >= 0.3 is 5.97 Å². The van der Waals surface area contributed by atoms with E-state index in [0.29, 0.717) is 16.3 Å². The molecule has 0 spiro atoms. The second-order valence-corrected chi connectivity index (χ2v) is 5.07. The first-order chi connectivity index (χ1) is 8.65. The summed E-state index contributed by atoms with van der Waals surface area (Å²) >= 11 is 7.46. The Morgan fingerprint density at radius 1 is 1.28 bits per heavy atom. The number of hydrogen-bond acceptors (Lipinski definition) is 3. The van der Waals surface area contributed by atoms with Gasteiger partial charge in [-0.1, -0.05) is 11.6 Å². The molecule has 1 heterocycles. The Labute approximate surface area is 114 Å². The Kier molecular flexibility index (Phi) is 4.23. The Morgan fingerprint density at radius 3 is 2.61 bits per heavy atom. The minimum Gasteiger partial charge on any atom is -0.478 e. The van der Waals surface area contributed by atoms with Gasteiger partial charge in [-0.2, -0.15) is 0 Å². The van der Waals surface area contributed by atoms with Crippen LogP contribution in [0.2, 0.25) is 5.02 Å². The molecule has 0 unspecified atom stereocenters. The van der Waals surface area contributed by atoms with Crippen molar-refractivity contribution in [1.82, 2.24) is 4.98 Å². The highest BCUT2D eigenvalue weighted by Gasteiger charge is 2.03. The third-order valence-electron chi connectivity index (χ3n) is 2.27.